The third-order valence-electron chi connectivity index (χ3n) is 7.44. The van der Waals surface area contributed by atoms with Crippen LogP contribution in [0.3, 0.4) is 0 Å². The van der Waals surface area contributed by atoms with Crippen LogP contribution < -0.4 is 25.4 Å². The second-order valence-electron chi connectivity index (χ2n) is 10.2. The quantitative estimate of drug-likeness (QED) is 0.105. The van der Waals surface area contributed by atoms with Crippen molar-refractivity contribution in [2.24, 2.45) is 0 Å². The molecule has 0 spiro atoms. The summed E-state index contributed by atoms with van der Waals surface area (Å²) in [6, 6.07) is 45.4. The van der Waals surface area contributed by atoms with Crippen molar-refractivity contribution >= 4 is 23.2 Å². The SMILES string of the molecule is C=CCc1ccc(OCC)c(-c2cc(CC=C)ccc2OC[P+](c2ccccc2)(c2ccccc2)c2ccccc2)c1. The summed E-state index contributed by atoms with van der Waals surface area (Å²) in [5.74, 6) is 1.69. The van der Waals surface area contributed by atoms with Gasteiger partial charge in [-0.2, -0.15) is 0 Å². The molecule has 0 aliphatic carbocycles. The van der Waals surface area contributed by atoms with Crippen molar-refractivity contribution in [2.45, 2.75) is 19.8 Å². The van der Waals surface area contributed by atoms with Crippen LogP contribution in [0.1, 0.15) is 18.1 Å². The van der Waals surface area contributed by atoms with E-state index >= 15 is 0 Å². The second-order valence-corrected chi connectivity index (χ2v) is 13.6. The highest BCUT2D eigenvalue weighted by atomic mass is 31.2. The van der Waals surface area contributed by atoms with Gasteiger partial charge in [-0.1, -0.05) is 78.9 Å². The molecule has 0 saturated carbocycles. The van der Waals surface area contributed by atoms with E-state index in [2.05, 4.69) is 141 Å². The summed E-state index contributed by atoms with van der Waals surface area (Å²) in [7, 11) is -2.18. The molecular weight excluding hydrogens is 531 g/mol. The molecule has 0 aromatic heterocycles. The van der Waals surface area contributed by atoms with E-state index in [4.69, 9.17) is 9.47 Å². The van der Waals surface area contributed by atoms with Gasteiger partial charge in [-0.05, 0) is 91.6 Å². The number of allylic oxidation sites excluding steroid dienone is 2. The summed E-state index contributed by atoms with van der Waals surface area (Å²) in [6.45, 7) is 10.5. The minimum absolute atomic E-state index is 0.523. The van der Waals surface area contributed by atoms with Gasteiger partial charge >= 0.3 is 0 Å². The molecule has 2 nitrogen and oxygen atoms in total. The van der Waals surface area contributed by atoms with Crippen LogP contribution in [0.2, 0.25) is 0 Å². The maximum absolute atomic E-state index is 7.03. The zero-order chi connectivity index (χ0) is 29.2. The predicted octanol–water partition coefficient (Wildman–Crippen LogP) is 8.54. The fourth-order valence-corrected chi connectivity index (χ4v) is 9.17. The van der Waals surface area contributed by atoms with Gasteiger partial charge in [-0.25, -0.2) is 0 Å². The highest BCUT2D eigenvalue weighted by Gasteiger charge is 2.46. The minimum atomic E-state index is -2.18. The van der Waals surface area contributed by atoms with Gasteiger partial charge < -0.3 is 9.47 Å². The zero-order valence-corrected chi connectivity index (χ0v) is 25.2. The Kier molecular flexibility index (Phi) is 9.70. The molecule has 0 aliphatic heterocycles. The third kappa shape index (κ3) is 6.25. The average molecular weight is 570 g/mol. The first-order chi connectivity index (χ1) is 20.7. The fourth-order valence-electron chi connectivity index (χ4n) is 5.45. The van der Waals surface area contributed by atoms with E-state index in [1.54, 1.807) is 0 Å². The first-order valence-corrected chi connectivity index (χ1v) is 16.5. The van der Waals surface area contributed by atoms with Crippen LogP contribution in [-0.2, 0) is 12.8 Å². The molecule has 42 heavy (non-hydrogen) atoms. The lowest BCUT2D eigenvalue weighted by atomic mass is 9.97. The molecule has 0 saturated heterocycles. The average Bonchev–Trinajstić information content (AvgIpc) is 3.04. The maximum Gasteiger partial charge on any atom is 0.210 e. The number of benzene rings is 5. The van der Waals surface area contributed by atoms with Crippen molar-refractivity contribution < 1.29 is 9.47 Å². The molecule has 0 bridgehead atoms. The molecule has 210 valence electrons. The van der Waals surface area contributed by atoms with Crippen molar-refractivity contribution in [3.63, 3.8) is 0 Å². The molecule has 0 atom stereocenters. The molecule has 0 heterocycles. The summed E-state index contributed by atoms with van der Waals surface area (Å²) < 4.78 is 13.2. The van der Waals surface area contributed by atoms with Crippen LogP contribution >= 0.6 is 7.26 Å². The largest absolute Gasteiger partial charge is 0.493 e. The van der Waals surface area contributed by atoms with Gasteiger partial charge in [0.25, 0.3) is 0 Å². The van der Waals surface area contributed by atoms with Crippen molar-refractivity contribution in [2.75, 3.05) is 13.0 Å². The highest BCUT2D eigenvalue weighted by Crippen LogP contribution is 2.55. The Hall–Kier alpha value is -4.39. The molecule has 5 rings (SSSR count). The van der Waals surface area contributed by atoms with Crippen molar-refractivity contribution in [3.8, 4) is 22.6 Å². The summed E-state index contributed by atoms with van der Waals surface area (Å²) in [4.78, 5) is 0. The minimum Gasteiger partial charge on any atom is -0.493 e. The van der Waals surface area contributed by atoms with Gasteiger partial charge in [0.05, 0.1) is 6.61 Å². The lowest BCUT2D eigenvalue weighted by Gasteiger charge is -2.28. The molecule has 5 aromatic carbocycles. The van der Waals surface area contributed by atoms with Gasteiger partial charge in [0.15, 0.2) is 7.26 Å². The van der Waals surface area contributed by atoms with Crippen LogP contribution in [0.4, 0.5) is 0 Å². The van der Waals surface area contributed by atoms with E-state index in [-0.39, 0.29) is 0 Å². The standard InChI is InChI=1S/C39H38O2P/c1-4-16-31-24-26-38(40-6-3)36(28-31)37-29-32(17-5-2)25-27-39(37)41-30-42(33-18-10-7-11-19-33,34-20-12-8-13-21-34)35-22-14-9-15-23-35/h4-5,7-15,18-29H,1-2,6,16-17,30H2,3H3/q+1. The summed E-state index contributed by atoms with van der Waals surface area (Å²) in [6.07, 6.45) is 5.96. The Bertz CT molecular complexity index is 1510. The number of ether oxygens (including phenoxy) is 2. The van der Waals surface area contributed by atoms with E-state index in [9.17, 15) is 0 Å². The van der Waals surface area contributed by atoms with Crippen LogP contribution in [0.25, 0.3) is 11.1 Å². The predicted molar refractivity (Wildman–Crippen MR) is 181 cm³/mol. The third-order valence-corrected chi connectivity index (χ3v) is 11.5. The highest BCUT2D eigenvalue weighted by molar-refractivity contribution is 7.95. The van der Waals surface area contributed by atoms with Crippen LogP contribution in [0.5, 0.6) is 11.5 Å². The first-order valence-electron chi connectivity index (χ1n) is 14.5. The van der Waals surface area contributed by atoms with Gasteiger partial charge in [0.2, 0.25) is 6.35 Å². The molecule has 0 fully saturated rings. The Balaban J connectivity index is 1.68. The van der Waals surface area contributed by atoms with E-state index < -0.39 is 7.26 Å². The number of hydrogen-bond donors (Lipinski definition) is 0. The van der Waals surface area contributed by atoms with Crippen molar-refractivity contribution in [1.29, 1.82) is 0 Å². The first kappa shape index (κ1) is 29.1. The Morgan fingerprint density at radius 1 is 0.548 bits per heavy atom. The Morgan fingerprint density at radius 3 is 1.33 bits per heavy atom. The molecular formula is C39H38O2P+. The molecule has 0 N–H and O–H groups in total. The number of rotatable bonds is 13. The Labute approximate surface area is 251 Å². The van der Waals surface area contributed by atoms with Gasteiger partial charge in [0, 0.05) is 11.1 Å². The van der Waals surface area contributed by atoms with E-state index in [1.807, 2.05) is 19.1 Å². The molecule has 0 unspecified atom stereocenters. The number of hydrogen-bond acceptors (Lipinski definition) is 2. The topological polar surface area (TPSA) is 18.5 Å². The normalized spacial score (nSPS) is 11.1. The summed E-state index contributed by atoms with van der Waals surface area (Å²) >= 11 is 0. The van der Waals surface area contributed by atoms with Crippen LogP contribution in [-0.4, -0.2) is 13.0 Å². The van der Waals surface area contributed by atoms with Crippen LogP contribution in [0.15, 0.2) is 153 Å². The molecule has 3 heteroatoms. The molecule has 0 aliphatic rings. The Morgan fingerprint density at radius 2 is 0.952 bits per heavy atom. The smallest absolute Gasteiger partial charge is 0.210 e. The monoisotopic (exact) mass is 569 g/mol. The van der Waals surface area contributed by atoms with Crippen LogP contribution in [0, 0.1) is 0 Å². The molecule has 0 radical (unpaired) electrons. The van der Waals surface area contributed by atoms with E-state index in [1.165, 1.54) is 27.0 Å². The molecule has 5 aromatic rings. The zero-order valence-electron chi connectivity index (χ0n) is 24.3. The second kappa shape index (κ2) is 14.0. The fraction of sp³-hybridized carbons (Fsp3) is 0.128. The lowest BCUT2D eigenvalue weighted by Crippen LogP contribution is -2.35. The molecule has 0 amide bonds. The van der Waals surface area contributed by atoms with Gasteiger partial charge in [0.1, 0.15) is 27.4 Å². The van der Waals surface area contributed by atoms with E-state index in [0.29, 0.717) is 13.0 Å². The lowest BCUT2D eigenvalue weighted by molar-refractivity contribution is 0.341. The van der Waals surface area contributed by atoms with Gasteiger partial charge in [-0.15, -0.1) is 13.2 Å². The summed E-state index contributed by atoms with van der Waals surface area (Å²) in [5, 5.41) is 3.86. The maximum atomic E-state index is 7.03. The van der Waals surface area contributed by atoms with E-state index in [0.717, 1.165) is 35.5 Å². The van der Waals surface area contributed by atoms with Crippen molar-refractivity contribution in [1.82, 2.24) is 0 Å². The van der Waals surface area contributed by atoms with Crippen molar-refractivity contribution in [3.05, 3.63) is 164 Å². The van der Waals surface area contributed by atoms with Gasteiger partial charge in [-0.3, -0.25) is 0 Å². The summed E-state index contributed by atoms with van der Waals surface area (Å²) in [5.41, 5.74) is 4.42.